The van der Waals surface area contributed by atoms with E-state index in [0.29, 0.717) is 6.42 Å². The van der Waals surface area contributed by atoms with Gasteiger partial charge in [0.15, 0.2) is 0 Å². The van der Waals surface area contributed by atoms with Crippen LogP contribution in [0.15, 0.2) is 22.7 Å². The van der Waals surface area contributed by atoms with E-state index in [1.807, 2.05) is 29.8 Å². The van der Waals surface area contributed by atoms with E-state index in [0.717, 1.165) is 21.3 Å². The Morgan fingerprint density at radius 2 is 1.77 bits per heavy atom. The van der Waals surface area contributed by atoms with Gasteiger partial charge in [0.05, 0.1) is 5.52 Å². The molecule has 0 bridgehead atoms. The summed E-state index contributed by atoms with van der Waals surface area (Å²) in [5.41, 5.74) is 0.260. The van der Waals surface area contributed by atoms with Crippen LogP contribution in [0, 0.1) is 0 Å². The molecule has 0 unspecified atom stereocenters. The van der Waals surface area contributed by atoms with E-state index in [1.165, 1.54) is 0 Å². The van der Waals surface area contributed by atoms with Gasteiger partial charge < -0.3 is 14.0 Å². The number of ether oxygens (including phenoxy) is 2. The lowest BCUT2D eigenvalue weighted by Gasteiger charge is -2.25. The number of imide groups is 1. The second kappa shape index (κ2) is 7.26. The summed E-state index contributed by atoms with van der Waals surface area (Å²) in [6.07, 6.45) is -1.32. The molecule has 26 heavy (non-hydrogen) atoms. The Labute approximate surface area is 161 Å². The van der Waals surface area contributed by atoms with Gasteiger partial charge in [0.2, 0.25) is 0 Å². The molecule has 0 atom stereocenters. The van der Waals surface area contributed by atoms with Crippen molar-refractivity contribution in [3.63, 3.8) is 0 Å². The number of para-hydroxylation sites is 1. The summed E-state index contributed by atoms with van der Waals surface area (Å²) in [5.74, 6) is 0.766. The van der Waals surface area contributed by atoms with Gasteiger partial charge in [-0.05, 0) is 62.7 Å². The van der Waals surface area contributed by atoms with Gasteiger partial charge in [-0.15, -0.1) is 0 Å². The third-order valence-electron chi connectivity index (χ3n) is 3.51. The summed E-state index contributed by atoms with van der Waals surface area (Å²) in [4.78, 5) is 28.3. The van der Waals surface area contributed by atoms with Crippen molar-refractivity contribution >= 4 is 39.1 Å². The third-order valence-corrected chi connectivity index (χ3v) is 4.15. The van der Waals surface area contributed by atoms with Crippen LogP contribution in [0.3, 0.4) is 0 Å². The van der Waals surface area contributed by atoms with Gasteiger partial charge in [-0.2, -0.15) is 0 Å². The number of aromatic nitrogens is 2. The maximum Gasteiger partial charge on any atom is 0.417 e. The van der Waals surface area contributed by atoms with Crippen molar-refractivity contribution in [3.05, 3.63) is 28.5 Å². The number of halogens is 1. The Balaban J connectivity index is 2.07. The van der Waals surface area contributed by atoms with Crippen molar-refractivity contribution in [1.29, 1.82) is 0 Å². The smallest absolute Gasteiger partial charge is 0.417 e. The molecule has 7 nitrogen and oxygen atoms in total. The number of alkyl carbamates (subject to hydrolysis) is 2. The second-order valence-corrected chi connectivity index (χ2v) is 8.50. The SMILES string of the molecule is Cn1c(CC(C)(C)OC(=O)NC(=O)OC(C)(C)C)nc2c(Br)cccc21. The average Bonchev–Trinajstić information content (AvgIpc) is 2.73. The van der Waals surface area contributed by atoms with Crippen LogP contribution in [-0.4, -0.2) is 32.9 Å². The van der Waals surface area contributed by atoms with Gasteiger partial charge in [0.1, 0.15) is 22.5 Å². The molecule has 0 aliphatic carbocycles. The lowest BCUT2D eigenvalue weighted by Crippen LogP contribution is -2.41. The van der Waals surface area contributed by atoms with Crippen LogP contribution in [0.2, 0.25) is 0 Å². The Morgan fingerprint density at radius 3 is 2.35 bits per heavy atom. The summed E-state index contributed by atoms with van der Waals surface area (Å²) in [6.45, 7) is 8.66. The zero-order chi connectivity index (χ0) is 19.7. The van der Waals surface area contributed by atoms with Gasteiger partial charge in [0, 0.05) is 17.9 Å². The highest BCUT2D eigenvalue weighted by molar-refractivity contribution is 9.10. The number of imidazole rings is 1. The maximum absolute atomic E-state index is 12.0. The maximum atomic E-state index is 12.0. The van der Waals surface area contributed by atoms with Crippen molar-refractivity contribution in [2.75, 3.05) is 0 Å². The van der Waals surface area contributed by atoms with Crippen LogP contribution in [0.1, 0.15) is 40.4 Å². The monoisotopic (exact) mass is 425 g/mol. The quantitative estimate of drug-likeness (QED) is 0.791. The summed E-state index contributed by atoms with van der Waals surface area (Å²) >= 11 is 3.49. The molecule has 2 rings (SSSR count). The molecule has 0 fully saturated rings. The Morgan fingerprint density at radius 1 is 1.15 bits per heavy atom. The number of hydrogen-bond acceptors (Lipinski definition) is 5. The standard InChI is InChI=1S/C18H24BrN3O4/c1-17(2,3)25-15(23)21-16(24)26-18(4,5)10-13-20-14-11(19)8-7-9-12(14)22(13)6/h7-9H,10H2,1-6H3,(H,21,23,24). The number of benzene rings is 1. The van der Waals surface area contributed by atoms with Crippen LogP contribution >= 0.6 is 15.9 Å². The molecule has 0 aliphatic rings. The molecule has 8 heteroatoms. The van der Waals surface area contributed by atoms with Crippen LogP contribution < -0.4 is 5.32 Å². The van der Waals surface area contributed by atoms with Crippen molar-refractivity contribution < 1.29 is 19.1 Å². The number of carbonyl (C=O) groups excluding carboxylic acids is 2. The fraction of sp³-hybridized carbons (Fsp3) is 0.500. The fourth-order valence-corrected chi connectivity index (χ4v) is 2.91. The molecule has 2 aromatic rings. The van der Waals surface area contributed by atoms with E-state index in [-0.39, 0.29) is 0 Å². The highest BCUT2D eigenvalue weighted by Crippen LogP contribution is 2.26. The molecule has 1 N–H and O–H groups in total. The molecule has 0 saturated heterocycles. The van der Waals surface area contributed by atoms with Crippen molar-refractivity contribution in [1.82, 2.24) is 14.9 Å². The zero-order valence-electron chi connectivity index (χ0n) is 15.8. The summed E-state index contributed by atoms with van der Waals surface area (Å²) in [7, 11) is 1.91. The summed E-state index contributed by atoms with van der Waals surface area (Å²) < 4.78 is 13.3. The first kappa shape index (κ1) is 20.2. The number of nitrogens with zero attached hydrogens (tertiary/aromatic N) is 2. The van der Waals surface area contributed by atoms with Crippen LogP contribution in [-0.2, 0) is 22.9 Å². The first-order chi connectivity index (χ1) is 11.9. The third kappa shape index (κ3) is 5.20. The Bertz CT molecular complexity index is 837. The molecule has 0 spiro atoms. The Hall–Kier alpha value is -2.09. The number of carbonyl (C=O) groups is 2. The predicted octanol–water partition coefficient (Wildman–Crippen LogP) is 4.32. The first-order valence-corrected chi connectivity index (χ1v) is 9.00. The second-order valence-electron chi connectivity index (χ2n) is 7.65. The summed E-state index contributed by atoms with van der Waals surface area (Å²) in [5, 5.41) is 2.07. The molecule has 1 aromatic carbocycles. The van der Waals surface area contributed by atoms with E-state index in [9.17, 15) is 9.59 Å². The summed E-state index contributed by atoms with van der Waals surface area (Å²) in [6, 6.07) is 5.84. The van der Waals surface area contributed by atoms with Crippen LogP contribution in [0.4, 0.5) is 9.59 Å². The van der Waals surface area contributed by atoms with Gasteiger partial charge in [-0.1, -0.05) is 6.07 Å². The molecule has 2 amide bonds. The predicted molar refractivity (Wildman–Crippen MR) is 102 cm³/mol. The number of hydrogen-bond donors (Lipinski definition) is 1. The van der Waals surface area contributed by atoms with Gasteiger partial charge in [-0.3, -0.25) is 0 Å². The van der Waals surface area contributed by atoms with E-state index in [4.69, 9.17) is 9.47 Å². The highest BCUT2D eigenvalue weighted by Gasteiger charge is 2.28. The zero-order valence-corrected chi connectivity index (χ0v) is 17.4. The number of rotatable bonds is 3. The van der Waals surface area contributed by atoms with Crippen molar-refractivity contribution in [3.8, 4) is 0 Å². The Kier molecular flexibility index (Phi) is 5.65. The molecule has 0 radical (unpaired) electrons. The van der Waals surface area contributed by atoms with Gasteiger partial charge in [-0.25, -0.2) is 19.9 Å². The minimum atomic E-state index is -0.867. The molecule has 142 valence electrons. The number of nitrogens with one attached hydrogen (secondary N) is 1. The van der Waals surface area contributed by atoms with Crippen molar-refractivity contribution in [2.24, 2.45) is 7.05 Å². The minimum absolute atomic E-state index is 0.381. The molecular formula is C18H24BrN3O4. The van der Waals surface area contributed by atoms with Crippen LogP contribution in [0.5, 0.6) is 0 Å². The molecule has 0 saturated carbocycles. The van der Waals surface area contributed by atoms with E-state index < -0.39 is 23.4 Å². The van der Waals surface area contributed by atoms with Gasteiger partial charge in [0.25, 0.3) is 0 Å². The normalized spacial score (nSPS) is 12.1. The number of aryl methyl sites for hydroxylation is 1. The fourth-order valence-electron chi connectivity index (χ4n) is 2.47. The van der Waals surface area contributed by atoms with E-state index >= 15 is 0 Å². The van der Waals surface area contributed by atoms with Gasteiger partial charge >= 0.3 is 12.2 Å². The van der Waals surface area contributed by atoms with E-state index in [2.05, 4.69) is 26.2 Å². The van der Waals surface area contributed by atoms with Crippen LogP contribution in [0.25, 0.3) is 11.0 Å². The molecule has 1 heterocycles. The van der Waals surface area contributed by atoms with E-state index in [1.54, 1.807) is 34.6 Å². The molecule has 0 aliphatic heterocycles. The first-order valence-electron chi connectivity index (χ1n) is 8.21. The van der Waals surface area contributed by atoms with Crippen molar-refractivity contribution in [2.45, 2.75) is 52.2 Å². The number of amides is 2. The highest BCUT2D eigenvalue weighted by atomic mass is 79.9. The molecule has 1 aromatic heterocycles. The largest absolute Gasteiger partial charge is 0.443 e. The topological polar surface area (TPSA) is 82.5 Å². The minimum Gasteiger partial charge on any atom is -0.443 e. The average molecular weight is 426 g/mol. The number of fused-ring (bicyclic) bond motifs is 1. The lowest BCUT2D eigenvalue weighted by atomic mass is 10.1. The molecular weight excluding hydrogens is 402 g/mol. The lowest BCUT2D eigenvalue weighted by molar-refractivity contribution is 0.0269.